The summed E-state index contributed by atoms with van der Waals surface area (Å²) < 4.78 is 0. The minimum absolute atomic E-state index is 0.726. The van der Waals surface area contributed by atoms with Crippen LogP contribution in [0.15, 0.2) is 48.8 Å². The van der Waals surface area contributed by atoms with Crippen LogP contribution in [0.3, 0.4) is 0 Å². The predicted octanol–water partition coefficient (Wildman–Crippen LogP) is 3.48. The summed E-state index contributed by atoms with van der Waals surface area (Å²) >= 11 is 5.86. The van der Waals surface area contributed by atoms with Crippen LogP contribution in [0.25, 0.3) is 0 Å². The summed E-state index contributed by atoms with van der Waals surface area (Å²) in [7, 11) is 0. The Labute approximate surface area is 87.6 Å². The molecule has 2 rings (SSSR count). The fraction of sp³-hybridized carbons (Fsp3) is 0. The number of hydrogen-bond donors (Lipinski definition) is 1. The van der Waals surface area contributed by atoms with Gasteiger partial charge in [0, 0.05) is 28.8 Å². The van der Waals surface area contributed by atoms with Gasteiger partial charge in [-0.1, -0.05) is 17.7 Å². The zero-order chi connectivity index (χ0) is 9.80. The average Bonchev–Trinajstić information content (AvgIpc) is 2.19. The van der Waals surface area contributed by atoms with Crippen molar-refractivity contribution in [3.63, 3.8) is 0 Å². The van der Waals surface area contributed by atoms with Crippen LogP contribution in [0.4, 0.5) is 11.4 Å². The Morgan fingerprint density at radius 1 is 1.00 bits per heavy atom. The molecule has 0 aliphatic heterocycles. The molecule has 0 radical (unpaired) electrons. The van der Waals surface area contributed by atoms with E-state index in [0.717, 1.165) is 16.4 Å². The van der Waals surface area contributed by atoms with E-state index in [1.807, 2.05) is 36.4 Å². The van der Waals surface area contributed by atoms with Crippen molar-refractivity contribution >= 4 is 23.0 Å². The van der Waals surface area contributed by atoms with Gasteiger partial charge < -0.3 is 5.32 Å². The number of halogens is 1. The van der Waals surface area contributed by atoms with E-state index in [0.29, 0.717) is 0 Å². The SMILES string of the molecule is Clc1cccc(Nc2ccncc2)c1. The molecule has 0 saturated heterocycles. The maximum atomic E-state index is 5.86. The minimum atomic E-state index is 0.726. The molecule has 0 aliphatic carbocycles. The van der Waals surface area contributed by atoms with E-state index in [4.69, 9.17) is 11.6 Å². The average molecular weight is 205 g/mol. The second kappa shape index (κ2) is 4.11. The van der Waals surface area contributed by atoms with E-state index in [9.17, 15) is 0 Å². The zero-order valence-corrected chi connectivity index (χ0v) is 8.20. The summed E-state index contributed by atoms with van der Waals surface area (Å²) in [5.41, 5.74) is 1.98. The van der Waals surface area contributed by atoms with Gasteiger partial charge in [0.25, 0.3) is 0 Å². The molecule has 0 spiro atoms. The van der Waals surface area contributed by atoms with Gasteiger partial charge in [-0.25, -0.2) is 0 Å². The number of aromatic nitrogens is 1. The van der Waals surface area contributed by atoms with Crippen LogP contribution in [0, 0.1) is 0 Å². The second-order valence-corrected chi connectivity index (χ2v) is 3.31. The molecule has 0 saturated carbocycles. The maximum Gasteiger partial charge on any atom is 0.0426 e. The first kappa shape index (κ1) is 9.03. The predicted molar refractivity (Wildman–Crippen MR) is 59.0 cm³/mol. The number of anilines is 2. The van der Waals surface area contributed by atoms with Gasteiger partial charge in [-0.3, -0.25) is 4.98 Å². The Balaban J connectivity index is 2.19. The van der Waals surface area contributed by atoms with Crippen molar-refractivity contribution in [2.75, 3.05) is 5.32 Å². The highest BCUT2D eigenvalue weighted by atomic mass is 35.5. The highest BCUT2D eigenvalue weighted by Crippen LogP contribution is 2.19. The van der Waals surface area contributed by atoms with Crippen molar-refractivity contribution in [1.82, 2.24) is 4.98 Å². The molecule has 0 amide bonds. The van der Waals surface area contributed by atoms with E-state index >= 15 is 0 Å². The molecule has 0 unspecified atom stereocenters. The van der Waals surface area contributed by atoms with E-state index < -0.39 is 0 Å². The molecule has 3 heteroatoms. The number of nitrogens with one attached hydrogen (secondary N) is 1. The van der Waals surface area contributed by atoms with E-state index in [-0.39, 0.29) is 0 Å². The summed E-state index contributed by atoms with van der Waals surface area (Å²) in [5.74, 6) is 0. The van der Waals surface area contributed by atoms with Crippen molar-refractivity contribution < 1.29 is 0 Å². The highest BCUT2D eigenvalue weighted by Gasteiger charge is 1.93. The number of hydrogen-bond acceptors (Lipinski definition) is 2. The van der Waals surface area contributed by atoms with Crippen LogP contribution in [-0.4, -0.2) is 4.98 Å². The zero-order valence-electron chi connectivity index (χ0n) is 7.44. The third-order valence-electron chi connectivity index (χ3n) is 1.79. The first-order valence-corrected chi connectivity index (χ1v) is 4.65. The van der Waals surface area contributed by atoms with Crippen LogP contribution in [0.1, 0.15) is 0 Å². The smallest absolute Gasteiger partial charge is 0.0426 e. The number of pyridine rings is 1. The summed E-state index contributed by atoms with van der Waals surface area (Å²) in [4.78, 5) is 3.94. The first-order chi connectivity index (χ1) is 6.84. The van der Waals surface area contributed by atoms with Crippen LogP contribution in [0.5, 0.6) is 0 Å². The Kier molecular flexibility index (Phi) is 2.65. The van der Waals surface area contributed by atoms with Gasteiger partial charge in [-0.15, -0.1) is 0 Å². The van der Waals surface area contributed by atoms with E-state index in [2.05, 4.69) is 10.3 Å². The summed E-state index contributed by atoms with van der Waals surface area (Å²) in [6.45, 7) is 0. The Hall–Kier alpha value is -1.54. The van der Waals surface area contributed by atoms with Gasteiger partial charge in [0.15, 0.2) is 0 Å². The van der Waals surface area contributed by atoms with E-state index in [1.165, 1.54) is 0 Å². The fourth-order valence-electron chi connectivity index (χ4n) is 1.17. The van der Waals surface area contributed by atoms with Crippen molar-refractivity contribution in [2.45, 2.75) is 0 Å². The lowest BCUT2D eigenvalue weighted by atomic mass is 10.3. The molecule has 2 nitrogen and oxygen atoms in total. The molecule has 1 aromatic heterocycles. The van der Waals surface area contributed by atoms with Gasteiger partial charge in [0.05, 0.1) is 0 Å². The lowest BCUT2D eigenvalue weighted by Crippen LogP contribution is -1.89. The molecule has 0 bridgehead atoms. The quantitative estimate of drug-likeness (QED) is 0.810. The summed E-state index contributed by atoms with van der Waals surface area (Å²) in [5, 5.41) is 3.95. The van der Waals surface area contributed by atoms with Gasteiger partial charge in [-0.05, 0) is 30.3 Å². The second-order valence-electron chi connectivity index (χ2n) is 2.87. The molecule has 14 heavy (non-hydrogen) atoms. The van der Waals surface area contributed by atoms with Crippen molar-refractivity contribution in [3.8, 4) is 0 Å². The topological polar surface area (TPSA) is 24.9 Å². The molecule has 0 fully saturated rings. The van der Waals surface area contributed by atoms with Crippen molar-refractivity contribution in [1.29, 1.82) is 0 Å². The largest absolute Gasteiger partial charge is 0.355 e. The molecule has 0 aliphatic rings. The van der Waals surface area contributed by atoms with Crippen molar-refractivity contribution in [3.05, 3.63) is 53.8 Å². The standard InChI is InChI=1S/C11H9ClN2/c12-9-2-1-3-11(8-9)14-10-4-6-13-7-5-10/h1-8H,(H,13,14). The molecular weight excluding hydrogens is 196 g/mol. The van der Waals surface area contributed by atoms with Crippen LogP contribution >= 0.6 is 11.6 Å². The Bertz CT molecular complexity index is 415. The van der Waals surface area contributed by atoms with Gasteiger partial charge in [-0.2, -0.15) is 0 Å². The van der Waals surface area contributed by atoms with Gasteiger partial charge in [0.2, 0.25) is 0 Å². The minimum Gasteiger partial charge on any atom is -0.355 e. The fourth-order valence-corrected chi connectivity index (χ4v) is 1.36. The Morgan fingerprint density at radius 2 is 1.79 bits per heavy atom. The normalized spacial score (nSPS) is 9.79. The van der Waals surface area contributed by atoms with Gasteiger partial charge in [0.1, 0.15) is 0 Å². The van der Waals surface area contributed by atoms with Crippen molar-refractivity contribution in [2.24, 2.45) is 0 Å². The molecule has 1 heterocycles. The van der Waals surface area contributed by atoms with Crippen LogP contribution in [0.2, 0.25) is 5.02 Å². The van der Waals surface area contributed by atoms with Gasteiger partial charge >= 0.3 is 0 Å². The summed E-state index contributed by atoms with van der Waals surface area (Å²) in [6.07, 6.45) is 3.49. The highest BCUT2D eigenvalue weighted by molar-refractivity contribution is 6.30. The molecule has 1 aromatic carbocycles. The Morgan fingerprint density at radius 3 is 2.50 bits per heavy atom. The molecule has 2 aromatic rings. The maximum absolute atomic E-state index is 5.86. The third-order valence-corrected chi connectivity index (χ3v) is 2.03. The van der Waals surface area contributed by atoms with Crippen LogP contribution < -0.4 is 5.32 Å². The summed E-state index contributed by atoms with van der Waals surface area (Å²) in [6, 6.07) is 11.4. The molecule has 0 atom stereocenters. The number of benzene rings is 1. The molecule has 1 N–H and O–H groups in total. The lowest BCUT2D eigenvalue weighted by Gasteiger charge is -2.05. The van der Waals surface area contributed by atoms with E-state index in [1.54, 1.807) is 12.4 Å². The molecule has 70 valence electrons. The lowest BCUT2D eigenvalue weighted by molar-refractivity contribution is 1.32. The number of nitrogens with zero attached hydrogens (tertiary/aromatic N) is 1. The monoisotopic (exact) mass is 204 g/mol. The van der Waals surface area contributed by atoms with Crippen LogP contribution in [-0.2, 0) is 0 Å². The first-order valence-electron chi connectivity index (χ1n) is 4.27. The third kappa shape index (κ3) is 2.24. The number of rotatable bonds is 2. The molecular formula is C11H9ClN2.